The van der Waals surface area contributed by atoms with Crippen molar-refractivity contribution in [1.82, 2.24) is 10.3 Å². The van der Waals surface area contributed by atoms with Crippen LogP contribution in [0.3, 0.4) is 0 Å². The van der Waals surface area contributed by atoms with Crippen molar-refractivity contribution in [3.8, 4) is 5.75 Å². The summed E-state index contributed by atoms with van der Waals surface area (Å²) >= 11 is 1.52. The molecule has 94 valence electrons. The molecule has 0 spiro atoms. The summed E-state index contributed by atoms with van der Waals surface area (Å²) in [4.78, 5) is 15.9. The molecule has 0 aliphatic rings. The number of anilines is 1. The first-order valence-electron chi connectivity index (χ1n) is 5.40. The largest absolute Gasteiger partial charge is 0.508 e. The molecule has 1 amide bonds. The lowest BCUT2D eigenvalue weighted by Gasteiger charge is -2.07. The molecular weight excluding hydrogens is 250 g/mol. The molecule has 2 rings (SSSR count). The minimum atomic E-state index is -0.293. The van der Waals surface area contributed by atoms with Gasteiger partial charge >= 0.3 is 0 Å². The number of rotatable bonds is 4. The monoisotopic (exact) mass is 263 g/mol. The second kappa shape index (κ2) is 5.50. The van der Waals surface area contributed by atoms with E-state index >= 15 is 0 Å². The van der Waals surface area contributed by atoms with Gasteiger partial charge in [0.05, 0.1) is 16.8 Å². The fraction of sp³-hybridized carbons (Fsp3) is 0.167. The zero-order valence-electron chi connectivity index (χ0n) is 9.59. The molecule has 1 aromatic carbocycles. The first-order valence-corrected chi connectivity index (χ1v) is 6.35. The highest BCUT2D eigenvalue weighted by Gasteiger charge is 2.10. The highest BCUT2D eigenvalue weighted by Crippen LogP contribution is 2.18. The number of nitrogen functional groups attached to an aromatic ring is 1. The van der Waals surface area contributed by atoms with Crippen LogP contribution in [0.1, 0.15) is 16.1 Å². The first-order chi connectivity index (χ1) is 8.66. The topological polar surface area (TPSA) is 88.2 Å². The van der Waals surface area contributed by atoms with Crippen LogP contribution in [-0.4, -0.2) is 22.5 Å². The number of nitrogens with zero attached hydrogens (tertiary/aromatic N) is 1. The SMILES string of the molecule is Nc1ccc(O)cc1C(=O)NCCc1cscn1. The Bertz CT molecular complexity index is 540. The predicted molar refractivity (Wildman–Crippen MR) is 70.7 cm³/mol. The number of carbonyl (C=O) groups is 1. The lowest BCUT2D eigenvalue weighted by Crippen LogP contribution is -2.26. The summed E-state index contributed by atoms with van der Waals surface area (Å²) in [6.07, 6.45) is 0.675. The molecule has 0 saturated carbocycles. The smallest absolute Gasteiger partial charge is 0.253 e. The molecule has 0 fully saturated rings. The summed E-state index contributed by atoms with van der Waals surface area (Å²) in [5.41, 5.74) is 9.01. The average Bonchev–Trinajstić information content (AvgIpc) is 2.85. The van der Waals surface area contributed by atoms with Crippen molar-refractivity contribution < 1.29 is 9.90 Å². The van der Waals surface area contributed by atoms with Crippen LogP contribution < -0.4 is 11.1 Å². The number of hydrogen-bond donors (Lipinski definition) is 3. The molecule has 0 bridgehead atoms. The van der Waals surface area contributed by atoms with E-state index in [0.717, 1.165) is 5.69 Å². The summed E-state index contributed by atoms with van der Waals surface area (Å²) in [5.74, 6) is -0.271. The van der Waals surface area contributed by atoms with Crippen LogP contribution in [0.2, 0.25) is 0 Å². The molecule has 0 unspecified atom stereocenters. The van der Waals surface area contributed by atoms with Crippen molar-refractivity contribution in [3.63, 3.8) is 0 Å². The van der Waals surface area contributed by atoms with Crippen molar-refractivity contribution in [3.05, 3.63) is 40.3 Å². The number of carbonyl (C=O) groups excluding carboxylic acids is 1. The normalized spacial score (nSPS) is 10.2. The Balaban J connectivity index is 1.93. The molecule has 0 aliphatic heterocycles. The van der Waals surface area contributed by atoms with Crippen molar-refractivity contribution in [2.24, 2.45) is 0 Å². The minimum absolute atomic E-state index is 0.0221. The Morgan fingerprint density at radius 1 is 1.50 bits per heavy atom. The van der Waals surface area contributed by atoms with Gasteiger partial charge in [0, 0.05) is 24.0 Å². The molecule has 1 heterocycles. The molecule has 18 heavy (non-hydrogen) atoms. The lowest BCUT2D eigenvalue weighted by molar-refractivity contribution is 0.0954. The molecule has 5 nitrogen and oxygen atoms in total. The summed E-state index contributed by atoms with van der Waals surface area (Å²) in [6.45, 7) is 0.484. The van der Waals surface area contributed by atoms with E-state index in [4.69, 9.17) is 5.73 Å². The molecule has 4 N–H and O–H groups in total. The van der Waals surface area contributed by atoms with E-state index in [1.807, 2.05) is 5.38 Å². The molecule has 6 heteroatoms. The van der Waals surface area contributed by atoms with Crippen LogP contribution in [0, 0.1) is 0 Å². The summed E-state index contributed by atoms with van der Waals surface area (Å²) < 4.78 is 0. The first kappa shape index (κ1) is 12.4. The van der Waals surface area contributed by atoms with E-state index in [0.29, 0.717) is 18.7 Å². The molecule has 2 aromatic rings. The van der Waals surface area contributed by atoms with E-state index in [1.54, 1.807) is 5.51 Å². The van der Waals surface area contributed by atoms with Crippen LogP contribution in [-0.2, 0) is 6.42 Å². The van der Waals surface area contributed by atoms with E-state index < -0.39 is 0 Å². The molecule has 0 radical (unpaired) electrons. The number of amides is 1. The highest BCUT2D eigenvalue weighted by molar-refractivity contribution is 7.07. The maximum atomic E-state index is 11.8. The average molecular weight is 263 g/mol. The van der Waals surface area contributed by atoms with Gasteiger partial charge in [-0.25, -0.2) is 4.98 Å². The standard InChI is InChI=1S/C12H13N3O2S/c13-11-2-1-9(16)5-10(11)12(17)14-4-3-8-6-18-7-15-8/h1-2,5-7,16H,3-4,13H2,(H,14,17). The van der Waals surface area contributed by atoms with Crippen LogP contribution >= 0.6 is 11.3 Å². The van der Waals surface area contributed by atoms with Crippen LogP contribution in [0.5, 0.6) is 5.75 Å². The van der Waals surface area contributed by atoms with E-state index in [2.05, 4.69) is 10.3 Å². The van der Waals surface area contributed by atoms with E-state index in [9.17, 15) is 9.90 Å². The predicted octanol–water partition coefficient (Wildman–Crippen LogP) is 1.40. The Kier molecular flexibility index (Phi) is 3.78. The van der Waals surface area contributed by atoms with Gasteiger partial charge in [0.1, 0.15) is 5.75 Å². The van der Waals surface area contributed by atoms with Gasteiger partial charge in [-0.1, -0.05) is 0 Å². The minimum Gasteiger partial charge on any atom is -0.508 e. The Morgan fingerprint density at radius 2 is 2.33 bits per heavy atom. The van der Waals surface area contributed by atoms with Gasteiger partial charge in [-0.05, 0) is 18.2 Å². The van der Waals surface area contributed by atoms with Gasteiger partial charge in [0.2, 0.25) is 0 Å². The number of hydrogen-bond acceptors (Lipinski definition) is 5. The number of phenols is 1. The number of aromatic hydroxyl groups is 1. The van der Waals surface area contributed by atoms with Crippen LogP contribution in [0.15, 0.2) is 29.1 Å². The number of nitrogens with one attached hydrogen (secondary N) is 1. The number of phenolic OH excluding ortho intramolecular Hbond substituents is 1. The van der Waals surface area contributed by atoms with Gasteiger partial charge in [-0.2, -0.15) is 0 Å². The zero-order valence-corrected chi connectivity index (χ0v) is 10.4. The number of aromatic nitrogens is 1. The number of nitrogens with two attached hydrogens (primary N) is 1. The van der Waals surface area contributed by atoms with Gasteiger partial charge in [-0.3, -0.25) is 4.79 Å². The van der Waals surface area contributed by atoms with Gasteiger partial charge in [0.15, 0.2) is 0 Å². The third kappa shape index (κ3) is 2.98. The third-order valence-electron chi connectivity index (χ3n) is 2.43. The molecule has 0 atom stereocenters. The quantitative estimate of drug-likeness (QED) is 0.574. The highest BCUT2D eigenvalue weighted by atomic mass is 32.1. The Labute approximate surface area is 108 Å². The number of benzene rings is 1. The van der Waals surface area contributed by atoms with Gasteiger partial charge in [0.25, 0.3) is 5.91 Å². The maximum absolute atomic E-state index is 11.8. The fourth-order valence-electron chi connectivity index (χ4n) is 1.50. The van der Waals surface area contributed by atoms with E-state index in [1.165, 1.54) is 29.5 Å². The van der Waals surface area contributed by atoms with Crippen LogP contribution in [0.4, 0.5) is 5.69 Å². The lowest BCUT2D eigenvalue weighted by atomic mass is 10.1. The molecule has 0 saturated heterocycles. The summed E-state index contributed by atoms with van der Waals surface area (Å²) in [7, 11) is 0. The van der Waals surface area contributed by atoms with Crippen molar-refractivity contribution in [1.29, 1.82) is 0 Å². The molecule has 1 aromatic heterocycles. The molecular formula is C12H13N3O2S. The van der Waals surface area contributed by atoms with Crippen molar-refractivity contribution in [2.75, 3.05) is 12.3 Å². The van der Waals surface area contributed by atoms with Gasteiger partial charge in [-0.15, -0.1) is 11.3 Å². The summed E-state index contributed by atoms with van der Waals surface area (Å²) in [5, 5.41) is 14.0. The van der Waals surface area contributed by atoms with Gasteiger partial charge < -0.3 is 16.2 Å². The van der Waals surface area contributed by atoms with Crippen molar-refractivity contribution in [2.45, 2.75) is 6.42 Å². The second-order valence-electron chi connectivity index (χ2n) is 3.76. The molecule has 0 aliphatic carbocycles. The Morgan fingerprint density at radius 3 is 3.06 bits per heavy atom. The zero-order chi connectivity index (χ0) is 13.0. The third-order valence-corrected chi connectivity index (χ3v) is 3.07. The maximum Gasteiger partial charge on any atom is 0.253 e. The fourth-order valence-corrected chi connectivity index (χ4v) is 2.09. The van der Waals surface area contributed by atoms with Crippen molar-refractivity contribution >= 4 is 22.9 Å². The van der Waals surface area contributed by atoms with E-state index in [-0.39, 0.29) is 17.2 Å². The van der Waals surface area contributed by atoms with Crippen LogP contribution in [0.25, 0.3) is 0 Å². The Hall–Kier alpha value is -2.08. The second-order valence-corrected chi connectivity index (χ2v) is 4.48. The number of thiazole rings is 1. The summed E-state index contributed by atoms with van der Waals surface area (Å²) in [6, 6.07) is 4.31.